The topological polar surface area (TPSA) is 56.0 Å². The molecule has 0 bridgehead atoms. The van der Waals surface area contributed by atoms with Crippen molar-refractivity contribution in [3.05, 3.63) is 19.5 Å². The summed E-state index contributed by atoms with van der Waals surface area (Å²) in [5.41, 5.74) is 0. The molecule has 12 heavy (non-hydrogen) atoms. The fourth-order valence-corrected chi connectivity index (χ4v) is 2.20. The van der Waals surface area contributed by atoms with E-state index in [9.17, 15) is 10.1 Å². The van der Waals surface area contributed by atoms with Crippen molar-refractivity contribution in [3.63, 3.8) is 0 Å². The average molecular weight is 205 g/mol. The molecule has 0 atom stereocenters. The van der Waals surface area contributed by atoms with Crippen molar-refractivity contribution >= 4 is 28.8 Å². The van der Waals surface area contributed by atoms with Crippen LogP contribution in [0.4, 0.5) is 5.82 Å². The lowest BCUT2D eigenvalue weighted by molar-refractivity contribution is -0.389. The van der Waals surface area contributed by atoms with E-state index in [2.05, 4.69) is 4.98 Å². The Morgan fingerprint density at radius 2 is 2.33 bits per heavy atom. The van der Waals surface area contributed by atoms with Crippen LogP contribution in [0, 0.1) is 10.1 Å². The molecule has 0 radical (unpaired) electrons. The Balaban J connectivity index is 2.36. The molecule has 0 amide bonds. The lowest BCUT2D eigenvalue weighted by atomic mass is 10.5. The molecular weight excluding hydrogens is 200 g/mol. The highest BCUT2D eigenvalue weighted by molar-refractivity contribution is 7.16. The zero-order valence-electron chi connectivity index (χ0n) is 5.99. The number of aromatic nitrogens is 1. The van der Waals surface area contributed by atoms with Crippen LogP contribution in [0.3, 0.4) is 0 Å². The van der Waals surface area contributed by atoms with E-state index in [0.717, 1.165) is 17.8 Å². The molecule has 64 valence electrons. The van der Waals surface area contributed by atoms with E-state index in [1.165, 1.54) is 11.3 Å². The first-order valence-electron chi connectivity index (χ1n) is 3.49. The second-order valence-corrected chi connectivity index (χ2v) is 4.31. The maximum Gasteiger partial charge on any atom is 0.393 e. The summed E-state index contributed by atoms with van der Waals surface area (Å²) in [6, 6.07) is 0. The van der Waals surface area contributed by atoms with Crippen LogP contribution in [0.15, 0.2) is 0 Å². The normalized spacial score (nSPS) is 16.4. The largest absolute Gasteiger partial charge is 0.393 e. The van der Waals surface area contributed by atoms with Gasteiger partial charge in [-0.1, -0.05) is 22.9 Å². The van der Waals surface area contributed by atoms with E-state index in [-0.39, 0.29) is 10.2 Å². The average Bonchev–Trinajstić information content (AvgIpc) is 2.75. The maximum absolute atomic E-state index is 10.3. The molecule has 1 aliphatic carbocycles. The number of halogens is 1. The minimum atomic E-state index is -0.537. The third-order valence-corrected chi connectivity index (χ3v) is 3.08. The number of nitrogens with zero attached hydrogens (tertiary/aromatic N) is 2. The van der Waals surface area contributed by atoms with Crippen LogP contribution in [0.2, 0.25) is 4.34 Å². The molecule has 1 heterocycles. The highest BCUT2D eigenvalue weighted by atomic mass is 35.5. The molecule has 1 fully saturated rings. The molecule has 1 saturated carbocycles. The first-order valence-corrected chi connectivity index (χ1v) is 4.68. The van der Waals surface area contributed by atoms with Crippen LogP contribution in [-0.4, -0.2) is 9.91 Å². The fourth-order valence-electron chi connectivity index (χ4n) is 0.926. The summed E-state index contributed by atoms with van der Waals surface area (Å²) in [5, 5.41) is 11.2. The van der Waals surface area contributed by atoms with E-state index in [1.807, 2.05) is 0 Å². The van der Waals surface area contributed by atoms with Gasteiger partial charge < -0.3 is 10.1 Å². The van der Waals surface area contributed by atoms with Gasteiger partial charge >= 0.3 is 5.82 Å². The number of hydrogen-bond acceptors (Lipinski definition) is 4. The third kappa shape index (κ3) is 1.30. The zero-order chi connectivity index (χ0) is 8.72. The van der Waals surface area contributed by atoms with Crippen LogP contribution >= 0.6 is 22.9 Å². The van der Waals surface area contributed by atoms with Crippen molar-refractivity contribution in [1.82, 2.24) is 4.98 Å². The van der Waals surface area contributed by atoms with Gasteiger partial charge in [0.1, 0.15) is 0 Å². The van der Waals surface area contributed by atoms with Gasteiger partial charge in [-0.3, -0.25) is 0 Å². The predicted octanol–water partition coefficient (Wildman–Crippen LogP) is 2.58. The summed E-state index contributed by atoms with van der Waals surface area (Å²) in [7, 11) is 0. The molecule has 1 aliphatic rings. The van der Waals surface area contributed by atoms with Gasteiger partial charge in [0, 0.05) is 5.92 Å². The van der Waals surface area contributed by atoms with Gasteiger partial charge in [0.05, 0.1) is 0 Å². The minimum Gasteiger partial charge on any atom is -0.358 e. The Morgan fingerprint density at radius 3 is 2.75 bits per heavy atom. The molecule has 0 aliphatic heterocycles. The molecule has 1 aromatic heterocycles. The molecule has 6 heteroatoms. The standard InChI is InChI=1S/C6H5ClN2O2S/c7-4-5(9(10)11)8-6(12-4)3-1-2-3/h3H,1-2H2. The van der Waals surface area contributed by atoms with Crippen molar-refractivity contribution in [2.75, 3.05) is 0 Å². The Kier molecular flexibility index (Phi) is 1.77. The molecule has 4 nitrogen and oxygen atoms in total. The number of rotatable bonds is 2. The van der Waals surface area contributed by atoms with E-state index in [4.69, 9.17) is 11.6 Å². The molecule has 0 N–H and O–H groups in total. The molecule has 1 aromatic rings. The van der Waals surface area contributed by atoms with Gasteiger partial charge in [0.2, 0.25) is 5.01 Å². The Bertz CT molecular complexity index is 334. The quantitative estimate of drug-likeness (QED) is 0.550. The zero-order valence-corrected chi connectivity index (χ0v) is 7.56. The van der Waals surface area contributed by atoms with E-state index in [0.29, 0.717) is 5.92 Å². The summed E-state index contributed by atoms with van der Waals surface area (Å²) in [5.74, 6) is 0.241. The second kappa shape index (κ2) is 2.67. The van der Waals surface area contributed by atoms with Crippen molar-refractivity contribution in [2.24, 2.45) is 0 Å². The SMILES string of the molecule is O=[N+]([O-])c1nc(C2CC2)sc1Cl. The van der Waals surface area contributed by atoms with Gasteiger partial charge in [-0.2, -0.15) is 0 Å². The fraction of sp³-hybridized carbons (Fsp3) is 0.500. The highest BCUT2D eigenvalue weighted by Gasteiger charge is 2.34. The monoisotopic (exact) mass is 204 g/mol. The molecule has 0 saturated heterocycles. The van der Waals surface area contributed by atoms with Crippen LogP contribution in [0.25, 0.3) is 0 Å². The van der Waals surface area contributed by atoms with Crippen molar-refractivity contribution in [2.45, 2.75) is 18.8 Å². The second-order valence-electron chi connectivity index (χ2n) is 2.68. The van der Waals surface area contributed by atoms with Crippen molar-refractivity contribution in [1.29, 1.82) is 0 Å². The lowest BCUT2D eigenvalue weighted by Crippen LogP contribution is -1.88. The number of thiazole rings is 1. The Morgan fingerprint density at radius 1 is 1.67 bits per heavy atom. The molecule has 0 aromatic carbocycles. The molecular formula is C6H5ClN2O2S. The van der Waals surface area contributed by atoms with E-state index >= 15 is 0 Å². The van der Waals surface area contributed by atoms with Gasteiger partial charge in [0.15, 0.2) is 4.34 Å². The summed E-state index contributed by atoms with van der Waals surface area (Å²) in [4.78, 5) is 13.7. The molecule has 2 rings (SSSR count). The minimum absolute atomic E-state index is 0.191. The summed E-state index contributed by atoms with van der Waals surface area (Å²) >= 11 is 6.85. The lowest BCUT2D eigenvalue weighted by Gasteiger charge is -1.84. The van der Waals surface area contributed by atoms with E-state index in [1.54, 1.807) is 0 Å². The first-order chi connectivity index (χ1) is 5.68. The highest BCUT2D eigenvalue weighted by Crippen LogP contribution is 2.45. The molecule has 0 spiro atoms. The third-order valence-electron chi connectivity index (χ3n) is 1.69. The van der Waals surface area contributed by atoms with Gasteiger partial charge in [-0.05, 0) is 22.7 Å². The first kappa shape index (κ1) is 7.94. The van der Waals surface area contributed by atoms with Crippen molar-refractivity contribution in [3.8, 4) is 0 Å². The summed E-state index contributed by atoms with van der Waals surface area (Å²) in [6.45, 7) is 0. The molecule has 0 unspecified atom stereocenters. The van der Waals surface area contributed by atoms with Gasteiger partial charge in [-0.25, -0.2) is 0 Å². The van der Waals surface area contributed by atoms with Gasteiger partial charge in [-0.15, -0.1) is 0 Å². The smallest absolute Gasteiger partial charge is 0.358 e. The van der Waals surface area contributed by atoms with Crippen molar-refractivity contribution < 1.29 is 4.92 Å². The maximum atomic E-state index is 10.3. The Labute approximate surface area is 77.3 Å². The van der Waals surface area contributed by atoms with Crippen LogP contribution in [0.1, 0.15) is 23.8 Å². The van der Waals surface area contributed by atoms with Crippen LogP contribution < -0.4 is 0 Å². The van der Waals surface area contributed by atoms with Gasteiger partial charge in [0.25, 0.3) is 0 Å². The van der Waals surface area contributed by atoms with Crippen LogP contribution in [0.5, 0.6) is 0 Å². The predicted molar refractivity (Wildman–Crippen MR) is 45.8 cm³/mol. The number of hydrogen-bond donors (Lipinski definition) is 0. The summed E-state index contributed by atoms with van der Waals surface area (Å²) in [6.07, 6.45) is 2.17. The Hall–Kier alpha value is -0.680. The van der Waals surface area contributed by atoms with E-state index < -0.39 is 4.92 Å². The van der Waals surface area contributed by atoms with Crippen LogP contribution in [-0.2, 0) is 0 Å². The summed E-state index contributed by atoms with van der Waals surface area (Å²) < 4.78 is 0.196. The number of nitro groups is 1.